The number of hydrogen-bond acceptors (Lipinski definition) is 2. The van der Waals surface area contributed by atoms with Gasteiger partial charge in [-0.05, 0) is 85.2 Å². The van der Waals surface area contributed by atoms with Gasteiger partial charge in [0.1, 0.15) is 5.75 Å². The summed E-state index contributed by atoms with van der Waals surface area (Å²) in [4.78, 5) is 1.35. The minimum Gasteiger partial charge on any atom is -0.494 e. The van der Waals surface area contributed by atoms with Gasteiger partial charge >= 0.3 is 0 Å². The first kappa shape index (κ1) is 19.5. The molecule has 1 saturated carbocycles. The molecule has 0 bridgehead atoms. The molecule has 0 unspecified atom stereocenters. The van der Waals surface area contributed by atoms with E-state index in [2.05, 4.69) is 55.5 Å². The van der Waals surface area contributed by atoms with Gasteiger partial charge in [-0.15, -0.1) is 11.3 Å². The lowest BCUT2D eigenvalue weighted by molar-refractivity contribution is 0.304. The Morgan fingerprint density at radius 1 is 0.929 bits per heavy atom. The molecule has 0 atom stereocenters. The minimum absolute atomic E-state index is 0.714. The van der Waals surface area contributed by atoms with Crippen LogP contribution in [0.2, 0.25) is 0 Å². The fourth-order valence-electron chi connectivity index (χ4n) is 4.61. The fraction of sp³-hybridized carbons (Fsp3) is 0.462. The van der Waals surface area contributed by atoms with Crippen LogP contribution in [-0.4, -0.2) is 6.61 Å². The molecule has 1 heterocycles. The molecule has 0 radical (unpaired) electrons. The first-order valence-corrected chi connectivity index (χ1v) is 11.8. The van der Waals surface area contributed by atoms with Crippen molar-refractivity contribution in [2.24, 2.45) is 5.92 Å². The van der Waals surface area contributed by atoms with Crippen molar-refractivity contribution in [2.45, 2.75) is 64.7 Å². The normalized spacial score (nSPS) is 19.8. The Morgan fingerprint density at radius 2 is 1.71 bits per heavy atom. The standard InChI is InChI=1S/C26H32OS/c1-3-5-6-19-7-9-20(10-8-19)21-11-13-22(14-12-21)25-17-23-15-16-24(27-4-2)18-26(23)28-25/h11-20H,3-10H2,1-2H3. The third kappa shape index (κ3) is 4.43. The molecular formula is C26H32OS. The van der Waals surface area contributed by atoms with Gasteiger partial charge in [0.25, 0.3) is 0 Å². The van der Waals surface area contributed by atoms with Crippen LogP contribution in [-0.2, 0) is 0 Å². The lowest BCUT2D eigenvalue weighted by atomic mass is 9.77. The van der Waals surface area contributed by atoms with Gasteiger partial charge in [-0.25, -0.2) is 0 Å². The smallest absolute Gasteiger partial charge is 0.120 e. The number of rotatable bonds is 7. The van der Waals surface area contributed by atoms with Crippen molar-refractivity contribution in [3.05, 3.63) is 54.1 Å². The van der Waals surface area contributed by atoms with Crippen LogP contribution in [0.5, 0.6) is 5.75 Å². The molecule has 1 aliphatic rings. The van der Waals surface area contributed by atoms with E-state index in [0.29, 0.717) is 6.61 Å². The van der Waals surface area contributed by atoms with Crippen LogP contribution >= 0.6 is 11.3 Å². The van der Waals surface area contributed by atoms with E-state index in [9.17, 15) is 0 Å². The van der Waals surface area contributed by atoms with Crippen LogP contribution < -0.4 is 4.74 Å². The van der Waals surface area contributed by atoms with Crippen molar-refractivity contribution >= 4 is 21.4 Å². The zero-order valence-electron chi connectivity index (χ0n) is 17.2. The van der Waals surface area contributed by atoms with Crippen molar-refractivity contribution in [1.82, 2.24) is 0 Å². The Morgan fingerprint density at radius 3 is 2.43 bits per heavy atom. The maximum atomic E-state index is 5.65. The largest absolute Gasteiger partial charge is 0.494 e. The predicted octanol–water partition coefficient (Wildman–Crippen LogP) is 8.43. The van der Waals surface area contributed by atoms with Crippen LogP contribution in [0.4, 0.5) is 0 Å². The number of fused-ring (bicyclic) bond motifs is 1. The van der Waals surface area contributed by atoms with E-state index in [0.717, 1.165) is 17.6 Å². The van der Waals surface area contributed by atoms with E-state index in [1.165, 1.54) is 71.0 Å². The Labute approximate surface area is 173 Å². The second kappa shape index (κ2) is 9.13. The number of thiophene rings is 1. The van der Waals surface area contributed by atoms with Crippen molar-refractivity contribution in [3.63, 3.8) is 0 Å². The summed E-state index contributed by atoms with van der Waals surface area (Å²) in [5.74, 6) is 2.71. The zero-order chi connectivity index (χ0) is 19.3. The number of unbranched alkanes of at least 4 members (excludes halogenated alkanes) is 1. The number of ether oxygens (including phenoxy) is 1. The predicted molar refractivity (Wildman–Crippen MR) is 123 cm³/mol. The molecule has 148 valence electrons. The maximum Gasteiger partial charge on any atom is 0.120 e. The molecule has 2 aromatic carbocycles. The SMILES string of the molecule is CCCCC1CCC(c2ccc(-c3cc4ccc(OCC)cc4s3)cc2)CC1. The lowest BCUT2D eigenvalue weighted by Crippen LogP contribution is -2.13. The van der Waals surface area contributed by atoms with Crippen LogP contribution in [0.15, 0.2) is 48.5 Å². The average Bonchev–Trinajstić information content (AvgIpc) is 3.16. The highest BCUT2D eigenvalue weighted by Gasteiger charge is 2.22. The van der Waals surface area contributed by atoms with Crippen molar-refractivity contribution < 1.29 is 4.74 Å². The molecular weight excluding hydrogens is 360 g/mol. The average molecular weight is 393 g/mol. The first-order valence-electron chi connectivity index (χ1n) is 11.0. The molecule has 0 spiro atoms. The molecule has 3 aromatic rings. The summed E-state index contributed by atoms with van der Waals surface area (Å²) in [6, 6.07) is 18.1. The molecule has 0 N–H and O–H groups in total. The Kier molecular flexibility index (Phi) is 6.36. The molecule has 28 heavy (non-hydrogen) atoms. The van der Waals surface area contributed by atoms with Crippen LogP contribution in [0.3, 0.4) is 0 Å². The van der Waals surface area contributed by atoms with Gasteiger partial charge in [0, 0.05) is 9.58 Å². The molecule has 1 aromatic heterocycles. The van der Waals surface area contributed by atoms with Gasteiger partial charge in [0.05, 0.1) is 6.61 Å². The van der Waals surface area contributed by atoms with Crippen LogP contribution in [0, 0.1) is 5.92 Å². The van der Waals surface area contributed by atoms with Crippen molar-refractivity contribution in [3.8, 4) is 16.2 Å². The van der Waals surface area contributed by atoms with Gasteiger partial charge < -0.3 is 4.74 Å². The zero-order valence-corrected chi connectivity index (χ0v) is 18.1. The highest BCUT2D eigenvalue weighted by molar-refractivity contribution is 7.22. The second-order valence-electron chi connectivity index (χ2n) is 8.23. The van der Waals surface area contributed by atoms with E-state index in [4.69, 9.17) is 4.74 Å². The highest BCUT2D eigenvalue weighted by atomic mass is 32.1. The third-order valence-electron chi connectivity index (χ3n) is 6.28. The fourth-order valence-corrected chi connectivity index (χ4v) is 5.70. The maximum absolute atomic E-state index is 5.65. The molecule has 0 amide bonds. The summed E-state index contributed by atoms with van der Waals surface area (Å²) in [5, 5.41) is 1.30. The highest BCUT2D eigenvalue weighted by Crippen LogP contribution is 2.39. The molecule has 0 saturated heterocycles. The molecule has 1 nitrogen and oxygen atoms in total. The van der Waals surface area contributed by atoms with Gasteiger partial charge in [-0.1, -0.05) is 50.5 Å². The van der Waals surface area contributed by atoms with Gasteiger partial charge in [-0.2, -0.15) is 0 Å². The number of hydrogen-bond donors (Lipinski definition) is 0. The third-order valence-corrected chi connectivity index (χ3v) is 7.43. The molecule has 1 fully saturated rings. The van der Waals surface area contributed by atoms with Gasteiger partial charge in [0.15, 0.2) is 0 Å². The Hall–Kier alpha value is -1.80. The summed E-state index contributed by atoms with van der Waals surface area (Å²) < 4.78 is 6.95. The molecule has 1 aliphatic carbocycles. The topological polar surface area (TPSA) is 9.23 Å². The van der Waals surface area contributed by atoms with E-state index < -0.39 is 0 Å². The van der Waals surface area contributed by atoms with Gasteiger partial charge in [-0.3, -0.25) is 0 Å². The summed E-state index contributed by atoms with van der Waals surface area (Å²) in [6.45, 7) is 5.05. The molecule has 4 rings (SSSR count). The van der Waals surface area contributed by atoms with Crippen LogP contribution in [0.25, 0.3) is 20.5 Å². The van der Waals surface area contributed by atoms with E-state index >= 15 is 0 Å². The van der Waals surface area contributed by atoms with E-state index in [1.54, 1.807) is 0 Å². The monoisotopic (exact) mass is 392 g/mol. The van der Waals surface area contributed by atoms with E-state index in [-0.39, 0.29) is 0 Å². The Bertz CT molecular complexity index is 884. The lowest BCUT2D eigenvalue weighted by Gasteiger charge is -2.28. The van der Waals surface area contributed by atoms with Crippen LogP contribution in [0.1, 0.15) is 70.3 Å². The Balaban J connectivity index is 1.44. The summed E-state index contributed by atoms with van der Waals surface area (Å²) in [5.41, 5.74) is 2.87. The summed E-state index contributed by atoms with van der Waals surface area (Å²) >= 11 is 1.86. The first-order chi connectivity index (χ1) is 13.8. The number of benzene rings is 2. The minimum atomic E-state index is 0.714. The van der Waals surface area contributed by atoms with Crippen molar-refractivity contribution in [2.75, 3.05) is 6.61 Å². The summed E-state index contributed by atoms with van der Waals surface area (Å²) in [6.07, 6.45) is 9.78. The molecule has 2 heteroatoms. The second-order valence-corrected chi connectivity index (χ2v) is 9.31. The van der Waals surface area contributed by atoms with Crippen molar-refractivity contribution in [1.29, 1.82) is 0 Å². The van der Waals surface area contributed by atoms with Gasteiger partial charge in [0.2, 0.25) is 0 Å². The summed E-state index contributed by atoms with van der Waals surface area (Å²) in [7, 11) is 0. The molecule has 0 aliphatic heterocycles. The van der Waals surface area contributed by atoms with E-state index in [1.807, 2.05) is 18.3 Å². The quantitative estimate of drug-likeness (QED) is 0.392.